The third-order valence-electron chi connectivity index (χ3n) is 2.65. The molecule has 17 heavy (non-hydrogen) atoms. The summed E-state index contributed by atoms with van der Waals surface area (Å²) in [6.07, 6.45) is 2.70. The van der Waals surface area contributed by atoms with Crippen LogP contribution >= 0.6 is 11.3 Å². The molecule has 0 radical (unpaired) electrons. The lowest BCUT2D eigenvalue weighted by molar-refractivity contribution is 0.373. The van der Waals surface area contributed by atoms with Crippen molar-refractivity contribution in [1.29, 1.82) is 0 Å². The van der Waals surface area contributed by atoms with Crippen molar-refractivity contribution >= 4 is 11.3 Å². The summed E-state index contributed by atoms with van der Waals surface area (Å²) < 4.78 is 0. The number of nitrogens with two attached hydrogens (primary N) is 1. The minimum atomic E-state index is 0.107. The molecule has 0 aliphatic carbocycles. The van der Waals surface area contributed by atoms with Gasteiger partial charge in [0.2, 0.25) is 0 Å². The van der Waals surface area contributed by atoms with Crippen molar-refractivity contribution in [2.75, 3.05) is 6.54 Å². The van der Waals surface area contributed by atoms with E-state index in [0.717, 1.165) is 22.8 Å². The van der Waals surface area contributed by atoms with Crippen LogP contribution in [0.1, 0.15) is 19.5 Å². The Morgan fingerprint density at radius 3 is 2.82 bits per heavy atom. The number of hydrogen-bond acceptors (Lipinski definition) is 4. The first-order chi connectivity index (χ1) is 8.11. The molecule has 0 saturated carbocycles. The summed E-state index contributed by atoms with van der Waals surface area (Å²) in [6.45, 7) is 4.99. The maximum absolute atomic E-state index is 5.74. The second-order valence-electron chi connectivity index (χ2n) is 4.90. The number of aromatic nitrogens is 2. The Labute approximate surface area is 106 Å². The van der Waals surface area contributed by atoms with Crippen LogP contribution in [-0.4, -0.2) is 16.5 Å². The van der Waals surface area contributed by atoms with Crippen LogP contribution < -0.4 is 5.73 Å². The first-order valence-electron chi connectivity index (χ1n) is 5.67. The Balaban J connectivity index is 2.17. The second kappa shape index (κ2) is 4.94. The summed E-state index contributed by atoms with van der Waals surface area (Å²) in [5.41, 5.74) is 7.88. The fourth-order valence-corrected chi connectivity index (χ4v) is 2.35. The van der Waals surface area contributed by atoms with Gasteiger partial charge in [0.25, 0.3) is 0 Å². The third kappa shape index (κ3) is 3.11. The van der Waals surface area contributed by atoms with Crippen molar-refractivity contribution in [1.82, 2.24) is 9.97 Å². The molecule has 2 aromatic rings. The van der Waals surface area contributed by atoms with Crippen LogP contribution in [0.25, 0.3) is 10.7 Å². The average Bonchev–Trinajstić information content (AvgIpc) is 2.78. The molecule has 0 fully saturated rings. The molecule has 2 heterocycles. The molecule has 0 unspecified atom stereocenters. The first-order valence-corrected chi connectivity index (χ1v) is 6.54. The van der Waals surface area contributed by atoms with Gasteiger partial charge in [0.1, 0.15) is 5.01 Å². The molecule has 0 spiro atoms. The molecule has 4 heteroatoms. The van der Waals surface area contributed by atoms with E-state index in [2.05, 4.69) is 29.2 Å². The van der Waals surface area contributed by atoms with Gasteiger partial charge in [0, 0.05) is 11.6 Å². The highest BCUT2D eigenvalue weighted by molar-refractivity contribution is 7.13. The second-order valence-corrected chi connectivity index (χ2v) is 5.76. The largest absolute Gasteiger partial charge is 0.330 e. The predicted octanol–water partition coefficient (Wildman–Crippen LogP) is 2.73. The summed E-state index contributed by atoms with van der Waals surface area (Å²) in [5, 5.41) is 3.08. The molecule has 0 aliphatic rings. The summed E-state index contributed by atoms with van der Waals surface area (Å²) in [5.74, 6) is 0. The standard InChI is InChI=1S/C13H17N3S/c1-13(2,9-14)7-10-8-17-12(16-10)11-5-3-4-6-15-11/h3-6,8H,7,9,14H2,1-2H3. The fraction of sp³-hybridized carbons (Fsp3) is 0.385. The minimum Gasteiger partial charge on any atom is -0.330 e. The predicted molar refractivity (Wildman–Crippen MR) is 71.9 cm³/mol. The number of pyridine rings is 1. The highest BCUT2D eigenvalue weighted by atomic mass is 32.1. The molecule has 0 amide bonds. The minimum absolute atomic E-state index is 0.107. The van der Waals surface area contributed by atoms with Crippen LogP contribution in [0.2, 0.25) is 0 Å². The van der Waals surface area contributed by atoms with Crippen molar-refractivity contribution in [2.24, 2.45) is 11.1 Å². The Hall–Kier alpha value is -1.26. The molecule has 90 valence electrons. The molecule has 3 nitrogen and oxygen atoms in total. The van der Waals surface area contributed by atoms with Crippen molar-refractivity contribution < 1.29 is 0 Å². The lowest BCUT2D eigenvalue weighted by Crippen LogP contribution is -2.26. The van der Waals surface area contributed by atoms with E-state index in [1.54, 1.807) is 17.5 Å². The molecular weight excluding hydrogens is 230 g/mol. The zero-order valence-corrected chi connectivity index (χ0v) is 11.0. The van der Waals surface area contributed by atoms with E-state index < -0.39 is 0 Å². The van der Waals surface area contributed by atoms with E-state index in [9.17, 15) is 0 Å². The SMILES string of the molecule is CC(C)(CN)Cc1csc(-c2ccccn2)n1. The van der Waals surface area contributed by atoms with E-state index in [-0.39, 0.29) is 5.41 Å². The van der Waals surface area contributed by atoms with E-state index in [1.165, 1.54) is 0 Å². The van der Waals surface area contributed by atoms with Gasteiger partial charge in [-0.15, -0.1) is 11.3 Å². The van der Waals surface area contributed by atoms with Gasteiger partial charge in [0.15, 0.2) is 0 Å². The summed E-state index contributed by atoms with van der Waals surface area (Å²) in [6, 6.07) is 5.87. The Morgan fingerprint density at radius 2 is 2.18 bits per heavy atom. The van der Waals surface area contributed by atoms with Gasteiger partial charge in [-0.05, 0) is 30.5 Å². The van der Waals surface area contributed by atoms with E-state index in [0.29, 0.717) is 6.54 Å². The Kier molecular flexibility index (Phi) is 3.54. The normalized spacial score (nSPS) is 11.7. The zero-order valence-electron chi connectivity index (χ0n) is 10.2. The van der Waals surface area contributed by atoms with Gasteiger partial charge in [-0.2, -0.15) is 0 Å². The van der Waals surface area contributed by atoms with Crippen molar-refractivity contribution in [3.63, 3.8) is 0 Å². The van der Waals surface area contributed by atoms with Gasteiger partial charge in [-0.1, -0.05) is 19.9 Å². The Bertz CT molecular complexity index is 476. The molecule has 2 rings (SSSR count). The highest BCUT2D eigenvalue weighted by Crippen LogP contribution is 2.25. The van der Waals surface area contributed by atoms with E-state index >= 15 is 0 Å². The number of hydrogen-bond donors (Lipinski definition) is 1. The number of nitrogens with zero attached hydrogens (tertiary/aromatic N) is 2. The van der Waals surface area contributed by atoms with Gasteiger partial charge < -0.3 is 5.73 Å². The summed E-state index contributed by atoms with van der Waals surface area (Å²) in [4.78, 5) is 8.92. The maximum Gasteiger partial charge on any atom is 0.142 e. The van der Waals surface area contributed by atoms with Gasteiger partial charge in [0.05, 0.1) is 11.4 Å². The first kappa shape index (κ1) is 12.2. The monoisotopic (exact) mass is 247 g/mol. The van der Waals surface area contributed by atoms with Crippen LogP contribution in [0, 0.1) is 5.41 Å². The number of rotatable bonds is 4. The molecule has 0 atom stereocenters. The Morgan fingerprint density at radius 1 is 1.35 bits per heavy atom. The lowest BCUT2D eigenvalue weighted by atomic mass is 9.88. The van der Waals surface area contributed by atoms with E-state index in [1.807, 2.05) is 18.2 Å². The maximum atomic E-state index is 5.74. The molecule has 0 aromatic carbocycles. The van der Waals surface area contributed by atoms with Crippen molar-refractivity contribution in [3.8, 4) is 10.7 Å². The van der Waals surface area contributed by atoms with Crippen LogP contribution in [0.15, 0.2) is 29.8 Å². The quantitative estimate of drug-likeness (QED) is 0.903. The van der Waals surface area contributed by atoms with Crippen LogP contribution in [0.4, 0.5) is 0 Å². The number of thiazole rings is 1. The summed E-state index contributed by atoms with van der Waals surface area (Å²) in [7, 11) is 0. The molecule has 2 aromatic heterocycles. The smallest absolute Gasteiger partial charge is 0.142 e. The summed E-state index contributed by atoms with van der Waals surface area (Å²) >= 11 is 1.64. The molecule has 0 bridgehead atoms. The van der Waals surface area contributed by atoms with Crippen molar-refractivity contribution in [2.45, 2.75) is 20.3 Å². The van der Waals surface area contributed by atoms with Crippen LogP contribution in [0.3, 0.4) is 0 Å². The van der Waals surface area contributed by atoms with Gasteiger partial charge >= 0.3 is 0 Å². The molecular formula is C13H17N3S. The van der Waals surface area contributed by atoms with E-state index in [4.69, 9.17) is 5.73 Å². The molecule has 0 aliphatic heterocycles. The topological polar surface area (TPSA) is 51.8 Å². The molecule has 2 N–H and O–H groups in total. The van der Waals surface area contributed by atoms with Crippen LogP contribution in [-0.2, 0) is 6.42 Å². The average molecular weight is 247 g/mol. The lowest BCUT2D eigenvalue weighted by Gasteiger charge is -2.20. The van der Waals surface area contributed by atoms with Gasteiger partial charge in [-0.25, -0.2) is 4.98 Å². The van der Waals surface area contributed by atoms with Crippen LogP contribution in [0.5, 0.6) is 0 Å². The molecule has 0 saturated heterocycles. The fourth-order valence-electron chi connectivity index (χ4n) is 1.56. The van der Waals surface area contributed by atoms with Crippen molar-refractivity contribution in [3.05, 3.63) is 35.5 Å². The van der Waals surface area contributed by atoms with Gasteiger partial charge in [-0.3, -0.25) is 4.98 Å². The zero-order chi connectivity index (χ0) is 12.3. The third-order valence-corrected chi connectivity index (χ3v) is 3.56. The highest BCUT2D eigenvalue weighted by Gasteiger charge is 2.18.